The van der Waals surface area contributed by atoms with Gasteiger partial charge in [-0.2, -0.15) is 4.98 Å². The standard InChI is InChI=1S/C25H26N6OS/c1-29(19-10-6-3-7-11-19)22(32)17-30-12-14-31(15-13-30)23-20-16-21(18-8-4-2-5-9-18)33-24(20)28-25(26)27-23/h2-11,16H,12-15,17H2,1H3,(H2,26,27,28). The van der Waals surface area contributed by atoms with Crippen LogP contribution in [0.15, 0.2) is 66.7 Å². The summed E-state index contributed by atoms with van der Waals surface area (Å²) in [4.78, 5) is 30.0. The summed E-state index contributed by atoms with van der Waals surface area (Å²) in [5.74, 6) is 1.26. The molecule has 2 aromatic heterocycles. The molecule has 0 spiro atoms. The van der Waals surface area contributed by atoms with Crippen LogP contribution in [-0.4, -0.2) is 60.5 Å². The second-order valence-corrected chi connectivity index (χ2v) is 9.18. The number of carbonyl (C=O) groups excluding carboxylic acids is 1. The molecule has 5 rings (SSSR count). The molecule has 7 nitrogen and oxygen atoms in total. The van der Waals surface area contributed by atoms with Gasteiger partial charge in [0.25, 0.3) is 0 Å². The van der Waals surface area contributed by atoms with Gasteiger partial charge in [0.2, 0.25) is 11.9 Å². The van der Waals surface area contributed by atoms with E-state index in [4.69, 9.17) is 5.73 Å². The van der Waals surface area contributed by atoms with Gasteiger partial charge in [-0.05, 0) is 23.8 Å². The van der Waals surface area contributed by atoms with E-state index >= 15 is 0 Å². The predicted octanol–water partition coefficient (Wildman–Crippen LogP) is 3.73. The topological polar surface area (TPSA) is 78.6 Å². The molecular weight excluding hydrogens is 432 g/mol. The Morgan fingerprint density at radius 2 is 1.67 bits per heavy atom. The smallest absolute Gasteiger partial charge is 0.240 e. The van der Waals surface area contributed by atoms with Crippen LogP contribution in [-0.2, 0) is 4.79 Å². The van der Waals surface area contributed by atoms with Crippen molar-refractivity contribution in [1.29, 1.82) is 0 Å². The molecule has 1 saturated heterocycles. The number of piperazine rings is 1. The van der Waals surface area contributed by atoms with E-state index in [1.54, 1.807) is 16.2 Å². The number of anilines is 3. The number of rotatable bonds is 5. The van der Waals surface area contributed by atoms with Gasteiger partial charge in [-0.25, -0.2) is 4.98 Å². The molecule has 3 heterocycles. The number of hydrogen-bond donors (Lipinski definition) is 1. The maximum absolute atomic E-state index is 12.8. The third-order valence-electron chi connectivity index (χ3n) is 6.00. The Balaban J connectivity index is 1.29. The Morgan fingerprint density at radius 1 is 1.00 bits per heavy atom. The molecule has 1 amide bonds. The number of carbonyl (C=O) groups is 1. The van der Waals surface area contributed by atoms with Gasteiger partial charge in [0.15, 0.2) is 0 Å². The summed E-state index contributed by atoms with van der Waals surface area (Å²) < 4.78 is 0. The Bertz CT molecular complexity index is 1250. The van der Waals surface area contributed by atoms with Gasteiger partial charge in [0, 0.05) is 43.8 Å². The molecule has 2 N–H and O–H groups in total. The zero-order valence-corrected chi connectivity index (χ0v) is 19.3. The van der Waals surface area contributed by atoms with Crippen LogP contribution in [0, 0.1) is 0 Å². The lowest BCUT2D eigenvalue weighted by atomic mass is 10.2. The first-order valence-electron chi connectivity index (χ1n) is 11.0. The van der Waals surface area contributed by atoms with E-state index in [0.29, 0.717) is 12.5 Å². The molecular formula is C25H26N6OS. The third kappa shape index (κ3) is 4.53. The van der Waals surface area contributed by atoms with E-state index in [-0.39, 0.29) is 5.91 Å². The number of likely N-dealkylation sites (N-methyl/N-ethyl adjacent to an activating group) is 1. The summed E-state index contributed by atoms with van der Waals surface area (Å²) in [5, 5.41) is 1.03. The van der Waals surface area contributed by atoms with Gasteiger partial charge < -0.3 is 15.5 Å². The number of para-hydroxylation sites is 1. The van der Waals surface area contributed by atoms with Gasteiger partial charge in [-0.15, -0.1) is 11.3 Å². The first-order chi connectivity index (χ1) is 16.1. The molecule has 168 valence electrons. The maximum Gasteiger partial charge on any atom is 0.240 e. The molecule has 0 aliphatic carbocycles. The van der Waals surface area contributed by atoms with Crippen molar-refractivity contribution >= 4 is 44.9 Å². The number of amides is 1. The van der Waals surface area contributed by atoms with Gasteiger partial charge in [-0.3, -0.25) is 9.69 Å². The molecule has 1 aliphatic rings. The second kappa shape index (κ2) is 9.17. The van der Waals surface area contributed by atoms with Crippen LogP contribution in [0.3, 0.4) is 0 Å². The normalized spacial score (nSPS) is 14.5. The molecule has 1 fully saturated rings. The van der Waals surface area contributed by atoms with Gasteiger partial charge in [0.1, 0.15) is 10.6 Å². The maximum atomic E-state index is 12.8. The van der Waals surface area contributed by atoms with Crippen LogP contribution in [0.25, 0.3) is 20.7 Å². The number of benzene rings is 2. The fraction of sp³-hybridized carbons (Fsp3) is 0.240. The molecule has 0 unspecified atom stereocenters. The van der Waals surface area contributed by atoms with Gasteiger partial charge >= 0.3 is 0 Å². The number of thiophene rings is 1. The predicted molar refractivity (Wildman–Crippen MR) is 136 cm³/mol. The fourth-order valence-corrected chi connectivity index (χ4v) is 5.16. The van der Waals surface area contributed by atoms with Crippen LogP contribution in [0.4, 0.5) is 17.5 Å². The molecule has 33 heavy (non-hydrogen) atoms. The van der Waals surface area contributed by atoms with Crippen molar-refractivity contribution < 1.29 is 4.79 Å². The van der Waals surface area contributed by atoms with Crippen LogP contribution in [0.1, 0.15) is 0 Å². The van der Waals surface area contributed by atoms with E-state index in [1.807, 2.05) is 55.6 Å². The number of nitrogens with two attached hydrogens (primary N) is 1. The minimum absolute atomic E-state index is 0.0914. The molecule has 1 aliphatic heterocycles. The summed E-state index contributed by atoms with van der Waals surface area (Å²) in [7, 11) is 1.83. The van der Waals surface area contributed by atoms with Crippen LogP contribution in [0.2, 0.25) is 0 Å². The highest BCUT2D eigenvalue weighted by Crippen LogP contribution is 2.37. The van der Waals surface area contributed by atoms with Crippen molar-refractivity contribution in [2.24, 2.45) is 0 Å². The van der Waals surface area contributed by atoms with Crippen molar-refractivity contribution in [1.82, 2.24) is 14.9 Å². The van der Waals surface area contributed by atoms with Crippen molar-refractivity contribution in [3.8, 4) is 10.4 Å². The van der Waals surface area contributed by atoms with Crippen molar-refractivity contribution in [2.75, 3.05) is 55.3 Å². The molecule has 0 atom stereocenters. The quantitative estimate of drug-likeness (QED) is 0.491. The Morgan fingerprint density at radius 3 is 2.36 bits per heavy atom. The highest BCUT2D eigenvalue weighted by Gasteiger charge is 2.24. The van der Waals surface area contributed by atoms with Gasteiger partial charge in [-0.1, -0.05) is 48.5 Å². The highest BCUT2D eigenvalue weighted by atomic mass is 32.1. The number of fused-ring (bicyclic) bond motifs is 1. The van der Waals surface area contributed by atoms with Gasteiger partial charge in [0.05, 0.1) is 11.9 Å². The monoisotopic (exact) mass is 458 g/mol. The Hall–Kier alpha value is -3.49. The summed E-state index contributed by atoms with van der Waals surface area (Å²) in [5.41, 5.74) is 8.13. The minimum atomic E-state index is 0.0914. The van der Waals surface area contributed by atoms with Crippen LogP contribution < -0.4 is 15.5 Å². The summed E-state index contributed by atoms with van der Waals surface area (Å²) in [6.45, 7) is 3.54. The zero-order chi connectivity index (χ0) is 22.8. The summed E-state index contributed by atoms with van der Waals surface area (Å²) in [6, 6.07) is 22.2. The highest BCUT2D eigenvalue weighted by molar-refractivity contribution is 7.22. The van der Waals surface area contributed by atoms with E-state index < -0.39 is 0 Å². The van der Waals surface area contributed by atoms with E-state index in [2.05, 4.69) is 38.0 Å². The number of hydrogen-bond acceptors (Lipinski definition) is 7. The lowest BCUT2D eigenvalue weighted by Crippen LogP contribution is -2.50. The van der Waals surface area contributed by atoms with Crippen molar-refractivity contribution in [2.45, 2.75) is 0 Å². The van der Waals surface area contributed by atoms with Crippen LogP contribution >= 0.6 is 11.3 Å². The number of nitrogen functional groups attached to an aromatic ring is 1. The second-order valence-electron chi connectivity index (χ2n) is 8.15. The third-order valence-corrected chi connectivity index (χ3v) is 7.07. The first-order valence-corrected chi connectivity index (χ1v) is 11.8. The van der Waals surface area contributed by atoms with E-state index in [1.165, 1.54) is 0 Å². The lowest BCUT2D eigenvalue weighted by Gasteiger charge is -2.35. The zero-order valence-electron chi connectivity index (χ0n) is 18.5. The molecule has 0 radical (unpaired) electrons. The lowest BCUT2D eigenvalue weighted by molar-refractivity contribution is -0.119. The Kier molecular flexibility index (Phi) is 5.93. The summed E-state index contributed by atoms with van der Waals surface area (Å²) in [6.07, 6.45) is 0. The molecule has 0 saturated carbocycles. The number of aromatic nitrogens is 2. The van der Waals surface area contributed by atoms with Crippen molar-refractivity contribution in [3.63, 3.8) is 0 Å². The molecule has 0 bridgehead atoms. The van der Waals surface area contributed by atoms with E-state index in [0.717, 1.165) is 58.3 Å². The van der Waals surface area contributed by atoms with Crippen molar-refractivity contribution in [3.05, 3.63) is 66.7 Å². The van der Waals surface area contributed by atoms with E-state index in [9.17, 15) is 4.79 Å². The largest absolute Gasteiger partial charge is 0.368 e. The number of nitrogens with zero attached hydrogens (tertiary/aromatic N) is 5. The first kappa shape index (κ1) is 21.4. The average molecular weight is 459 g/mol. The molecule has 2 aromatic carbocycles. The summed E-state index contributed by atoms with van der Waals surface area (Å²) >= 11 is 1.63. The fourth-order valence-electron chi connectivity index (χ4n) is 4.12. The molecule has 4 aromatic rings. The minimum Gasteiger partial charge on any atom is -0.368 e. The Labute approximate surface area is 197 Å². The molecule has 8 heteroatoms. The SMILES string of the molecule is CN(C(=O)CN1CCN(c2nc(N)nc3sc(-c4ccccc4)cc23)CC1)c1ccccc1. The van der Waals surface area contributed by atoms with Crippen LogP contribution in [0.5, 0.6) is 0 Å². The average Bonchev–Trinajstić information content (AvgIpc) is 3.28.